The van der Waals surface area contributed by atoms with Gasteiger partial charge in [-0.25, -0.2) is 4.98 Å². The molecule has 4 nitrogen and oxygen atoms in total. The molecule has 122 valence electrons. The van der Waals surface area contributed by atoms with E-state index in [0.717, 1.165) is 19.5 Å². The minimum absolute atomic E-state index is 0.121. The number of thiazole rings is 1. The van der Waals surface area contributed by atoms with Crippen molar-refractivity contribution in [2.24, 2.45) is 11.8 Å². The predicted molar refractivity (Wildman–Crippen MR) is 90.2 cm³/mol. The first-order valence-electron chi connectivity index (χ1n) is 8.67. The maximum absolute atomic E-state index is 12.1. The van der Waals surface area contributed by atoms with E-state index in [0.29, 0.717) is 18.4 Å². The van der Waals surface area contributed by atoms with Crippen molar-refractivity contribution in [2.45, 2.75) is 51.4 Å². The van der Waals surface area contributed by atoms with Crippen molar-refractivity contribution in [2.75, 3.05) is 19.6 Å². The minimum atomic E-state index is 0.121. The topological polar surface area (TPSA) is 54.0 Å². The Hall–Kier alpha value is -0.940. The lowest BCUT2D eigenvalue weighted by Gasteiger charge is -2.31. The number of hydrogen-bond acceptors (Lipinski definition) is 4. The van der Waals surface area contributed by atoms with Crippen LogP contribution in [0, 0.1) is 11.8 Å². The van der Waals surface area contributed by atoms with Crippen molar-refractivity contribution in [3.05, 3.63) is 16.1 Å². The van der Waals surface area contributed by atoms with Crippen molar-refractivity contribution in [3.8, 4) is 0 Å². The fraction of sp³-hybridized carbons (Fsp3) is 0.765. The quantitative estimate of drug-likeness (QED) is 0.847. The Kier molecular flexibility index (Phi) is 5.47. The van der Waals surface area contributed by atoms with Gasteiger partial charge in [0.2, 0.25) is 5.91 Å². The zero-order valence-electron chi connectivity index (χ0n) is 13.4. The molecule has 2 heterocycles. The van der Waals surface area contributed by atoms with Gasteiger partial charge in [0.1, 0.15) is 0 Å². The zero-order valence-corrected chi connectivity index (χ0v) is 14.3. The summed E-state index contributed by atoms with van der Waals surface area (Å²) in [7, 11) is 0. The zero-order chi connectivity index (χ0) is 15.4. The molecule has 0 bridgehead atoms. The highest BCUT2D eigenvalue weighted by molar-refractivity contribution is 7.09. The van der Waals surface area contributed by atoms with Crippen molar-refractivity contribution >= 4 is 17.2 Å². The molecular formula is C17H27N3OS. The average Bonchev–Trinajstić information content (AvgIpc) is 2.95. The summed E-state index contributed by atoms with van der Waals surface area (Å²) in [5.41, 5.74) is 1.29. The first kappa shape index (κ1) is 15.9. The number of carbonyl (C=O) groups excluding carboxylic acids is 1. The molecule has 0 spiro atoms. The van der Waals surface area contributed by atoms with Crippen LogP contribution in [0.2, 0.25) is 0 Å². The standard InChI is InChI=1S/C17H27N3OS/c1-12(14-9-18-10-14)17(21)19-8-7-16-20-15(11-22-16)13-5-3-2-4-6-13/h11-14,18H,2-10H2,1H3,(H,19,21). The highest BCUT2D eigenvalue weighted by atomic mass is 32.1. The highest BCUT2D eigenvalue weighted by Crippen LogP contribution is 2.33. The molecule has 1 unspecified atom stereocenters. The van der Waals surface area contributed by atoms with Gasteiger partial charge < -0.3 is 10.6 Å². The van der Waals surface area contributed by atoms with Gasteiger partial charge in [-0.3, -0.25) is 4.79 Å². The third-order valence-corrected chi connectivity index (χ3v) is 6.09. The SMILES string of the molecule is CC(C(=O)NCCc1nc(C2CCCCC2)cs1)C1CNC1. The summed E-state index contributed by atoms with van der Waals surface area (Å²) in [6.07, 6.45) is 7.54. The lowest BCUT2D eigenvalue weighted by Crippen LogP contribution is -2.49. The van der Waals surface area contributed by atoms with Crippen LogP contribution in [-0.2, 0) is 11.2 Å². The van der Waals surface area contributed by atoms with Gasteiger partial charge in [-0.05, 0) is 31.8 Å². The Morgan fingerprint density at radius 2 is 2.18 bits per heavy atom. The molecule has 5 heteroatoms. The van der Waals surface area contributed by atoms with E-state index in [-0.39, 0.29) is 11.8 Å². The van der Waals surface area contributed by atoms with E-state index < -0.39 is 0 Å². The highest BCUT2D eigenvalue weighted by Gasteiger charge is 2.28. The fourth-order valence-electron chi connectivity index (χ4n) is 3.36. The summed E-state index contributed by atoms with van der Waals surface area (Å²) >= 11 is 1.75. The summed E-state index contributed by atoms with van der Waals surface area (Å²) < 4.78 is 0. The number of rotatable bonds is 6. The van der Waals surface area contributed by atoms with Crippen LogP contribution in [0.3, 0.4) is 0 Å². The van der Waals surface area contributed by atoms with Crippen molar-refractivity contribution in [1.82, 2.24) is 15.6 Å². The third kappa shape index (κ3) is 3.87. The maximum Gasteiger partial charge on any atom is 0.223 e. The summed E-state index contributed by atoms with van der Waals surface area (Å²) in [4.78, 5) is 16.9. The Balaban J connectivity index is 1.41. The second-order valence-electron chi connectivity index (χ2n) is 6.75. The molecule has 3 rings (SSSR count). The molecule has 1 atom stereocenters. The second kappa shape index (κ2) is 7.55. The van der Waals surface area contributed by atoms with Crippen molar-refractivity contribution < 1.29 is 4.79 Å². The van der Waals surface area contributed by atoms with Crippen LogP contribution in [0.25, 0.3) is 0 Å². The Morgan fingerprint density at radius 3 is 2.86 bits per heavy atom. The largest absolute Gasteiger partial charge is 0.355 e. The van der Waals surface area contributed by atoms with E-state index >= 15 is 0 Å². The van der Waals surface area contributed by atoms with Crippen LogP contribution in [0.4, 0.5) is 0 Å². The lowest BCUT2D eigenvalue weighted by atomic mass is 9.87. The first-order chi connectivity index (χ1) is 10.7. The molecule has 1 amide bonds. The third-order valence-electron chi connectivity index (χ3n) is 5.16. The molecule has 1 saturated heterocycles. The lowest BCUT2D eigenvalue weighted by molar-refractivity contribution is -0.126. The molecular weight excluding hydrogens is 294 g/mol. The molecule has 1 aromatic rings. The van der Waals surface area contributed by atoms with Gasteiger partial charge in [0.25, 0.3) is 0 Å². The summed E-state index contributed by atoms with van der Waals surface area (Å²) in [6, 6.07) is 0. The monoisotopic (exact) mass is 321 g/mol. The van der Waals surface area contributed by atoms with E-state index in [9.17, 15) is 4.79 Å². The first-order valence-corrected chi connectivity index (χ1v) is 9.54. The molecule has 1 aliphatic heterocycles. The fourth-order valence-corrected chi connectivity index (χ4v) is 4.24. The molecule has 1 saturated carbocycles. The van der Waals surface area contributed by atoms with E-state index in [1.807, 2.05) is 6.92 Å². The van der Waals surface area contributed by atoms with Crippen molar-refractivity contribution in [3.63, 3.8) is 0 Å². The summed E-state index contributed by atoms with van der Waals surface area (Å²) in [5.74, 6) is 1.50. The minimum Gasteiger partial charge on any atom is -0.355 e. The Bertz CT molecular complexity index is 492. The Morgan fingerprint density at radius 1 is 1.41 bits per heavy atom. The number of amides is 1. The van der Waals surface area contributed by atoms with Gasteiger partial charge in [0.05, 0.1) is 10.7 Å². The van der Waals surface area contributed by atoms with Crippen LogP contribution >= 0.6 is 11.3 Å². The summed E-state index contributed by atoms with van der Waals surface area (Å²) in [6.45, 7) is 4.70. The molecule has 1 aliphatic carbocycles. The molecule has 1 aromatic heterocycles. The predicted octanol–water partition coefficient (Wildman–Crippen LogP) is 2.71. The van der Waals surface area contributed by atoms with E-state index in [2.05, 4.69) is 16.0 Å². The summed E-state index contributed by atoms with van der Waals surface area (Å²) in [5, 5.41) is 9.69. The molecule has 0 aromatic carbocycles. The van der Waals surface area contributed by atoms with Crippen LogP contribution < -0.4 is 10.6 Å². The van der Waals surface area contributed by atoms with Gasteiger partial charge in [-0.15, -0.1) is 11.3 Å². The van der Waals surface area contributed by atoms with Gasteiger partial charge in [0, 0.05) is 30.2 Å². The van der Waals surface area contributed by atoms with E-state index in [1.54, 1.807) is 11.3 Å². The van der Waals surface area contributed by atoms with E-state index in [1.165, 1.54) is 42.8 Å². The number of hydrogen-bond donors (Lipinski definition) is 2. The molecule has 2 fully saturated rings. The number of aromatic nitrogens is 1. The van der Waals surface area contributed by atoms with Crippen LogP contribution in [-0.4, -0.2) is 30.5 Å². The molecule has 22 heavy (non-hydrogen) atoms. The van der Waals surface area contributed by atoms with Gasteiger partial charge in [-0.2, -0.15) is 0 Å². The average molecular weight is 321 g/mol. The second-order valence-corrected chi connectivity index (χ2v) is 7.69. The van der Waals surface area contributed by atoms with Crippen molar-refractivity contribution in [1.29, 1.82) is 0 Å². The van der Waals surface area contributed by atoms with Crippen LogP contribution in [0.5, 0.6) is 0 Å². The number of nitrogens with zero attached hydrogens (tertiary/aromatic N) is 1. The Labute approximate surface area is 137 Å². The molecule has 2 aliphatic rings. The maximum atomic E-state index is 12.1. The van der Waals surface area contributed by atoms with E-state index in [4.69, 9.17) is 4.98 Å². The number of nitrogens with one attached hydrogen (secondary N) is 2. The van der Waals surface area contributed by atoms with Gasteiger partial charge in [0.15, 0.2) is 0 Å². The normalized spacial score (nSPS) is 21.3. The van der Waals surface area contributed by atoms with Crippen LogP contribution in [0.1, 0.15) is 55.6 Å². The van der Waals surface area contributed by atoms with Gasteiger partial charge >= 0.3 is 0 Å². The smallest absolute Gasteiger partial charge is 0.223 e. The van der Waals surface area contributed by atoms with Crippen LogP contribution in [0.15, 0.2) is 5.38 Å². The molecule has 2 N–H and O–H groups in total. The van der Waals surface area contributed by atoms with Gasteiger partial charge in [-0.1, -0.05) is 26.2 Å². The number of carbonyl (C=O) groups is 1. The molecule has 0 radical (unpaired) electrons.